The van der Waals surface area contributed by atoms with Gasteiger partial charge in [0.2, 0.25) is 10.0 Å². The fraction of sp³-hybridized carbons (Fsp3) is 0.381. The smallest absolute Gasteiger partial charge is 0.254 e. The Kier molecular flexibility index (Phi) is 5.58. The summed E-state index contributed by atoms with van der Waals surface area (Å²) in [6.45, 7) is 1.15. The molecule has 1 amide bonds. The van der Waals surface area contributed by atoms with Crippen molar-refractivity contribution in [1.82, 2.24) is 9.62 Å². The molecule has 1 saturated carbocycles. The van der Waals surface area contributed by atoms with Crippen LogP contribution in [0.4, 0.5) is 0 Å². The molecule has 28 heavy (non-hydrogen) atoms. The fourth-order valence-corrected chi connectivity index (χ4v) is 5.06. The van der Waals surface area contributed by atoms with Gasteiger partial charge in [-0.3, -0.25) is 4.79 Å². The Morgan fingerprint density at radius 2 is 1.86 bits per heavy atom. The van der Waals surface area contributed by atoms with Crippen LogP contribution in [0, 0.1) is 5.92 Å². The minimum absolute atomic E-state index is 0.0221. The molecule has 5 nitrogen and oxygen atoms in total. The van der Waals surface area contributed by atoms with E-state index in [1.807, 2.05) is 29.2 Å². The molecule has 1 atom stereocenters. The molecule has 1 saturated heterocycles. The van der Waals surface area contributed by atoms with E-state index in [2.05, 4.69) is 20.7 Å². The molecule has 148 valence electrons. The summed E-state index contributed by atoms with van der Waals surface area (Å²) < 4.78 is 28.7. The van der Waals surface area contributed by atoms with Crippen molar-refractivity contribution in [3.05, 3.63) is 64.1 Å². The quantitative estimate of drug-likeness (QED) is 0.701. The minimum Gasteiger partial charge on any atom is -0.332 e. The van der Waals surface area contributed by atoms with Crippen LogP contribution in [-0.2, 0) is 10.0 Å². The average Bonchev–Trinajstić information content (AvgIpc) is 3.41. The van der Waals surface area contributed by atoms with Crippen LogP contribution in [0.1, 0.15) is 47.6 Å². The number of sulfonamides is 1. The molecule has 1 N–H and O–H groups in total. The molecular formula is C21H23BrN2O3S. The predicted octanol–water partition coefficient (Wildman–Crippen LogP) is 4.11. The second kappa shape index (κ2) is 7.97. The molecule has 1 aliphatic carbocycles. The van der Waals surface area contributed by atoms with Crippen LogP contribution >= 0.6 is 15.9 Å². The number of likely N-dealkylation sites (tertiary alicyclic amines) is 1. The maximum atomic E-state index is 13.2. The van der Waals surface area contributed by atoms with E-state index in [9.17, 15) is 13.2 Å². The largest absolute Gasteiger partial charge is 0.332 e. The van der Waals surface area contributed by atoms with Crippen LogP contribution in [0.15, 0.2) is 57.9 Å². The lowest BCUT2D eigenvalue weighted by Crippen LogP contribution is -2.31. The van der Waals surface area contributed by atoms with Crippen LogP contribution in [0.2, 0.25) is 0 Å². The molecule has 1 heterocycles. The highest BCUT2D eigenvalue weighted by Crippen LogP contribution is 2.34. The van der Waals surface area contributed by atoms with Gasteiger partial charge in [0.05, 0.1) is 10.9 Å². The number of hydrogen-bond acceptors (Lipinski definition) is 3. The first kappa shape index (κ1) is 19.6. The van der Waals surface area contributed by atoms with E-state index in [0.29, 0.717) is 24.6 Å². The van der Waals surface area contributed by atoms with Crippen LogP contribution in [0.5, 0.6) is 0 Å². The second-order valence-electron chi connectivity index (χ2n) is 7.53. The number of nitrogens with zero attached hydrogens (tertiary/aromatic N) is 1. The monoisotopic (exact) mass is 462 g/mol. The topological polar surface area (TPSA) is 66.5 Å². The Morgan fingerprint density at radius 3 is 2.57 bits per heavy atom. The maximum Gasteiger partial charge on any atom is 0.254 e. The van der Waals surface area contributed by atoms with E-state index in [1.165, 1.54) is 6.07 Å². The first-order valence-electron chi connectivity index (χ1n) is 9.60. The van der Waals surface area contributed by atoms with Gasteiger partial charge in [-0.15, -0.1) is 0 Å². The summed E-state index contributed by atoms with van der Waals surface area (Å²) in [6, 6.07) is 14.4. The Labute approximate surface area is 174 Å². The molecular weight excluding hydrogens is 440 g/mol. The van der Waals surface area contributed by atoms with E-state index in [1.54, 1.807) is 18.2 Å². The number of rotatable bonds is 6. The normalized spacial score (nSPS) is 19.8. The molecule has 2 aliphatic rings. The van der Waals surface area contributed by atoms with Crippen molar-refractivity contribution in [3.8, 4) is 0 Å². The standard InChI is InChI=1S/C21H23BrN2O3S/c22-18-10-8-16(9-11-18)20-5-2-12-24(20)21(25)17-3-1-4-19(13-17)28(26,27)23-14-15-6-7-15/h1,3-4,8-11,13,15,20,23H,2,5-7,12,14H2. The van der Waals surface area contributed by atoms with Crippen molar-refractivity contribution in [2.75, 3.05) is 13.1 Å². The van der Waals surface area contributed by atoms with E-state index in [4.69, 9.17) is 0 Å². The van der Waals surface area contributed by atoms with Crippen molar-refractivity contribution < 1.29 is 13.2 Å². The summed E-state index contributed by atoms with van der Waals surface area (Å²) in [6.07, 6.45) is 4.00. The number of hydrogen-bond donors (Lipinski definition) is 1. The van der Waals surface area contributed by atoms with E-state index < -0.39 is 10.0 Å². The van der Waals surface area contributed by atoms with Crippen molar-refractivity contribution in [3.63, 3.8) is 0 Å². The molecule has 7 heteroatoms. The van der Waals surface area contributed by atoms with E-state index in [0.717, 1.165) is 35.7 Å². The fourth-order valence-electron chi connectivity index (χ4n) is 3.64. The third-order valence-corrected chi connectivity index (χ3v) is 7.37. The van der Waals surface area contributed by atoms with Crippen LogP contribution in [0.3, 0.4) is 0 Å². The lowest BCUT2D eigenvalue weighted by molar-refractivity contribution is 0.0735. The second-order valence-corrected chi connectivity index (χ2v) is 10.2. The van der Waals surface area contributed by atoms with Gasteiger partial charge in [-0.2, -0.15) is 0 Å². The highest BCUT2D eigenvalue weighted by atomic mass is 79.9. The summed E-state index contributed by atoms with van der Waals surface area (Å²) >= 11 is 3.44. The highest BCUT2D eigenvalue weighted by molar-refractivity contribution is 9.10. The van der Waals surface area contributed by atoms with Gasteiger partial charge in [-0.25, -0.2) is 13.1 Å². The van der Waals surface area contributed by atoms with Gasteiger partial charge in [0.15, 0.2) is 0 Å². The van der Waals surface area contributed by atoms with Gasteiger partial charge >= 0.3 is 0 Å². The molecule has 0 aromatic heterocycles. The molecule has 2 aromatic rings. The third kappa shape index (κ3) is 4.31. The molecule has 0 bridgehead atoms. The summed E-state index contributed by atoms with van der Waals surface area (Å²) in [5.74, 6) is 0.334. The predicted molar refractivity (Wildman–Crippen MR) is 112 cm³/mol. The Morgan fingerprint density at radius 1 is 1.11 bits per heavy atom. The summed E-state index contributed by atoms with van der Waals surface area (Å²) in [7, 11) is -3.59. The van der Waals surface area contributed by atoms with Crippen LogP contribution in [-0.4, -0.2) is 32.3 Å². The summed E-state index contributed by atoms with van der Waals surface area (Å²) in [5, 5.41) is 0. The number of carbonyl (C=O) groups is 1. The third-order valence-electron chi connectivity index (χ3n) is 5.42. The summed E-state index contributed by atoms with van der Waals surface area (Å²) in [4.78, 5) is 15.2. The van der Waals surface area contributed by atoms with E-state index in [-0.39, 0.29) is 16.8 Å². The Balaban J connectivity index is 1.54. The first-order valence-corrected chi connectivity index (χ1v) is 11.9. The van der Waals surface area contributed by atoms with Gasteiger partial charge < -0.3 is 4.90 Å². The van der Waals surface area contributed by atoms with Crippen LogP contribution in [0.25, 0.3) is 0 Å². The Bertz CT molecular complexity index is 971. The molecule has 4 rings (SSSR count). The molecule has 0 radical (unpaired) electrons. The number of nitrogens with one attached hydrogen (secondary N) is 1. The lowest BCUT2D eigenvalue weighted by Gasteiger charge is -2.25. The number of amides is 1. The van der Waals surface area contributed by atoms with Crippen molar-refractivity contribution in [1.29, 1.82) is 0 Å². The zero-order valence-corrected chi connectivity index (χ0v) is 17.9. The number of benzene rings is 2. The molecule has 2 aromatic carbocycles. The Hall–Kier alpha value is -1.70. The van der Waals surface area contributed by atoms with Crippen LogP contribution < -0.4 is 4.72 Å². The summed E-state index contributed by atoms with van der Waals surface area (Å²) in [5.41, 5.74) is 1.52. The highest BCUT2D eigenvalue weighted by Gasteiger charge is 2.31. The van der Waals surface area contributed by atoms with Gasteiger partial charge in [-0.1, -0.05) is 34.1 Å². The molecule has 1 aliphatic heterocycles. The first-order chi connectivity index (χ1) is 13.4. The maximum absolute atomic E-state index is 13.2. The van der Waals surface area contributed by atoms with Gasteiger partial charge in [-0.05, 0) is 67.5 Å². The van der Waals surface area contributed by atoms with Gasteiger partial charge in [0.1, 0.15) is 0 Å². The molecule has 0 spiro atoms. The van der Waals surface area contributed by atoms with Gasteiger partial charge in [0, 0.05) is 23.1 Å². The number of carbonyl (C=O) groups excluding carboxylic acids is 1. The van der Waals surface area contributed by atoms with Gasteiger partial charge in [0.25, 0.3) is 5.91 Å². The lowest BCUT2D eigenvalue weighted by atomic mass is 10.0. The minimum atomic E-state index is -3.59. The zero-order chi connectivity index (χ0) is 19.7. The van der Waals surface area contributed by atoms with Crippen molar-refractivity contribution in [2.45, 2.75) is 36.6 Å². The van der Waals surface area contributed by atoms with E-state index >= 15 is 0 Å². The van der Waals surface area contributed by atoms with Crippen molar-refractivity contribution >= 4 is 31.9 Å². The molecule has 2 fully saturated rings. The molecule has 1 unspecified atom stereocenters. The SMILES string of the molecule is O=C(c1cccc(S(=O)(=O)NCC2CC2)c1)N1CCCC1c1ccc(Br)cc1. The van der Waals surface area contributed by atoms with Crippen molar-refractivity contribution in [2.24, 2.45) is 5.92 Å². The zero-order valence-electron chi connectivity index (χ0n) is 15.5. The average molecular weight is 463 g/mol. The number of halogens is 1.